The zero-order valence-corrected chi connectivity index (χ0v) is 10.3. The molecule has 98 valence electrons. The summed E-state index contributed by atoms with van der Waals surface area (Å²) < 4.78 is 22.4. The molecule has 0 amide bonds. The summed E-state index contributed by atoms with van der Waals surface area (Å²) in [6.45, 7) is 0. The lowest BCUT2D eigenvalue weighted by Gasteiger charge is -2.07. The summed E-state index contributed by atoms with van der Waals surface area (Å²) >= 11 is 0. The molecular weight excluding hydrogens is 253 g/mol. The fourth-order valence-electron chi connectivity index (χ4n) is 1.69. The van der Waals surface area contributed by atoms with Crippen LogP contribution in [0.15, 0.2) is 24.3 Å². The second kappa shape index (κ2) is 5.01. The van der Waals surface area contributed by atoms with Crippen LogP contribution in [-0.4, -0.2) is 31.1 Å². The molecule has 0 aliphatic heterocycles. The van der Waals surface area contributed by atoms with Gasteiger partial charge >= 0.3 is 11.9 Å². The lowest BCUT2D eigenvalue weighted by Crippen LogP contribution is -2.09. The average Bonchev–Trinajstić information content (AvgIpc) is 2.43. The molecule has 19 heavy (non-hydrogen) atoms. The summed E-state index contributed by atoms with van der Waals surface area (Å²) in [5, 5.41) is 0.404. The first-order valence-electron chi connectivity index (χ1n) is 5.33. The van der Waals surface area contributed by atoms with E-state index in [4.69, 9.17) is 0 Å². The van der Waals surface area contributed by atoms with Gasteiger partial charge in [-0.05, 0) is 18.2 Å². The molecule has 0 aliphatic rings. The van der Waals surface area contributed by atoms with E-state index in [0.717, 1.165) is 6.07 Å². The summed E-state index contributed by atoms with van der Waals surface area (Å²) in [6.07, 6.45) is 0. The van der Waals surface area contributed by atoms with Crippen molar-refractivity contribution in [3.05, 3.63) is 41.3 Å². The Morgan fingerprint density at radius 2 is 1.79 bits per heavy atom. The fourth-order valence-corrected chi connectivity index (χ4v) is 1.69. The molecular formula is C13H10FNO4. The molecule has 0 bridgehead atoms. The van der Waals surface area contributed by atoms with E-state index in [1.54, 1.807) is 0 Å². The largest absolute Gasteiger partial charge is 0.465 e. The van der Waals surface area contributed by atoms with E-state index in [-0.39, 0.29) is 16.8 Å². The van der Waals surface area contributed by atoms with Gasteiger partial charge in [0.1, 0.15) is 11.5 Å². The van der Waals surface area contributed by atoms with Crippen LogP contribution in [0.1, 0.15) is 20.8 Å². The molecule has 0 radical (unpaired) electrons. The topological polar surface area (TPSA) is 65.5 Å². The maximum absolute atomic E-state index is 13.2. The van der Waals surface area contributed by atoms with Crippen molar-refractivity contribution in [2.75, 3.05) is 14.2 Å². The van der Waals surface area contributed by atoms with Crippen molar-refractivity contribution in [1.29, 1.82) is 0 Å². The molecule has 2 aromatic rings. The van der Waals surface area contributed by atoms with E-state index in [0.29, 0.717) is 5.39 Å². The highest BCUT2D eigenvalue weighted by Crippen LogP contribution is 2.20. The number of aromatic nitrogens is 1. The van der Waals surface area contributed by atoms with Crippen molar-refractivity contribution in [3.8, 4) is 0 Å². The number of hydrogen-bond acceptors (Lipinski definition) is 5. The van der Waals surface area contributed by atoms with Crippen LogP contribution >= 0.6 is 0 Å². The minimum absolute atomic E-state index is 0.0824. The highest BCUT2D eigenvalue weighted by Gasteiger charge is 2.17. The quantitative estimate of drug-likeness (QED) is 0.775. The first-order valence-corrected chi connectivity index (χ1v) is 5.33. The molecule has 0 atom stereocenters. The van der Waals surface area contributed by atoms with Crippen molar-refractivity contribution in [2.24, 2.45) is 0 Å². The van der Waals surface area contributed by atoms with Gasteiger partial charge in [-0.1, -0.05) is 0 Å². The smallest absolute Gasteiger partial charge is 0.356 e. The Balaban J connectivity index is 2.76. The number of halogens is 1. The van der Waals surface area contributed by atoms with Gasteiger partial charge in [0.15, 0.2) is 0 Å². The van der Waals surface area contributed by atoms with E-state index in [9.17, 15) is 14.0 Å². The van der Waals surface area contributed by atoms with E-state index in [1.807, 2.05) is 0 Å². The number of rotatable bonds is 2. The second-order valence-corrected chi connectivity index (χ2v) is 3.70. The van der Waals surface area contributed by atoms with Crippen molar-refractivity contribution >= 4 is 22.8 Å². The predicted octanol–water partition coefficient (Wildman–Crippen LogP) is 1.95. The van der Waals surface area contributed by atoms with Gasteiger partial charge < -0.3 is 9.47 Å². The van der Waals surface area contributed by atoms with Crippen LogP contribution in [0, 0.1) is 5.82 Å². The Labute approximate surface area is 108 Å². The fraction of sp³-hybridized carbons (Fsp3) is 0.154. The highest BCUT2D eigenvalue weighted by atomic mass is 19.1. The van der Waals surface area contributed by atoms with Crippen molar-refractivity contribution < 1.29 is 23.5 Å². The Hall–Kier alpha value is -2.50. The van der Waals surface area contributed by atoms with Crippen LogP contribution < -0.4 is 0 Å². The number of methoxy groups -OCH3 is 2. The molecule has 2 rings (SSSR count). The summed E-state index contributed by atoms with van der Waals surface area (Å²) in [4.78, 5) is 27.1. The lowest BCUT2D eigenvalue weighted by molar-refractivity contribution is 0.0594. The third-order valence-corrected chi connectivity index (χ3v) is 2.57. The maximum atomic E-state index is 13.2. The molecule has 0 fully saturated rings. The number of nitrogens with zero attached hydrogens (tertiary/aromatic N) is 1. The van der Waals surface area contributed by atoms with Gasteiger partial charge in [-0.2, -0.15) is 0 Å². The van der Waals surface area contributed by atoms with E-state index in [2.05, 4.69) is 14.5 Å². The first kappa shape index (κ1) is 12.9. The number of carbonyl (C=O) groups excluding carboxylic acids is 2. The molecule has 0 spiro atoms. The summed E-state index contributed by atoms with van der Waals surface area (Å²) in [7, 11) is 2.41. The molecule has 1 aromatic heterocycles. The van der Waals surface area contributed by atoms with Gasteiger partial charge in [0.05, 0.1) is 25.3 Å². The monoisotopic (exact) mass is 263 g/mol. The van der Waals surface area contributed by atoms with Crippen LogP contribution in [0.2, 0.25) is 0 Å². The molecule has 1 heterocycles. The summed E-state index contributed by atoms with van der Waals surface area (Å²) in [5.74, 6) is -1.86. The average molecular weight is 263 g/mol. The van der Waals surface area contributed by atoms with Crippen LogP contribution in [0.25, 0.3) is 10.9 Å². The number of hydrogen-bond donors (Lipinski definition) is 0. The van der Waals surface area contributed by atoms with Gasteiger partial charge in [0.2, 0.25) is 0 Å². The van der Waals surface area contributed by atoms with Crippen LogP contribution in [0.3, 0.4) is 0 Å². The summed E-state index contributed by atoms with van der Waals surface area (Å²) in [6, 6.07) is 5.01. The van der Waals surface area contributed by atoms with Crippen LogP contribution in [0.4, 0.5) is 4.39 Å². The Kier molecular flexibility index (Phi) is 3.41. The normalized spacial score (nSPS) is 10.3. The Morgan fingerprint density at radius 1 is 1.11 bits per heavy atom. The van der Waals surface area contributed by atoms with Crippen LogP contribution in [0.5, 0.6) is 0 Å². The number of carbonyl (C=O) groups is 2. The van der Waals surface area contributed by atoms with E-state index < -0.39 is 17.8 Å². The third-order valence-electron chi connectivity index (χ3n) is 2.57. The predicted molar refractivity (Wildman–Crippen MR) is 64.4 cm³/mol. The molecule has 0 aliphatic carbocycles. The third kappa shape index (κ3) is 2.37. The first-order chi connectivity index (χ1) is 9.06. The zero-order valence-electron chi connectivity index (χ0n) is 10.3. The number of pyridine rings is 1. The lowest BCUT2D eigenvalue weighted by atomic mass is 10.1. The Bertz CT molecular complexity index is 669. The van der Waals surface area contributed by atoms with Gasteiger partial charge in [0, 0.05) is 11.5 Å². The SMILES string of the molecule is COC(=O)c1cc(C(=O)OC)c2ccc(F)cc2n1. The standard InChI is InChI=1S/C13H10FNO4/c1-18-12(16)9-6-11(13(17)19-2)15-10-5-7(14)3-4-8(9)10/h3-6H,1-2H3. The maximum Gasteiger partial charge on any atom is 0.356 e. The van der Waals surface area contributed by atoms with Crippen molar-refractivity contribution in [2.45, 2.75) is 0 Å². The van der Waals surface area contributed by atoms with Crippen molar-refractivity contribution in [1.82, 2.24) is 4.98 Å². The summed E-state index contributed by atoms with van der Waals surface area (Å²) in [5.41, 5.74) is 0.234. The minimum Gasteiger partial charge on any atom is -0.465 e. The zero-order chi connectivity index (χ0) is 14.0. The molecule has 0 N–H and O–H groups in total. The number of ether oxygens (including phenoxy) is 2. The van der Waals surface area contributed by atoms with Gasteiger partial charge in [0.25, 0.3) is 0 Å². The van der Waals surface area contributed by atoms with Crippen LogP contribution in [-0.2, 0) is 9.47 Å². The molecule has 6 heteroatoms. The number of benzene rings is 1. The van der Waals surface area contributed by atoms with Crippen molar-refractivity contribution in [3.63, 3.8) is 0 Å². The molecule has 0 saturated carbocycles. The second-order valence-electron chi connectivity index (χ2n) is 3.70. The highest BCUT2D eigenvalue weighted by molar-refractivity contribution is 6.05. The molecule has 0 unspecified atom stereocenters. The van der Waals surface area contributed by atoms with E-state index in [1.165, 1.54) is 32.4 Å². The van der Waals surface area contributed by atoms with Gasteiger partial charge in [-0.25, -0.2) is 19.0 Å². The molecule has 5 nitrogen and oxygen atoms in total. The number of fused-ring (bicyclic) bond motifs is 1. The minimum atomic E-state index is -0.712. The molecule has 1 aromatic carbocycles. The van der Waals surface area contributed by atoms with E-state index >= 15 is 0 Å². The Morgan fingerprint density at radius 3 is 2.42 bits per heavy atom. The molecule has 0 saturated heterocycles. The van der Waals surface area contributed by atoms with Gasteiger partial charge in [-0.15, -0.1) is 0 Å². The number of esters is 2. The van der Waals surface area contributed by atoms with Gasteiger partial charge in [-0.3, -0.25) is 0 Å².